The molecule has 0 aliphatic heterocycles. The van der Waals surface area contributed by atoms with Crippen molar-refractivity contribution in [2.45, 2.75) is 6.92 Å². The van der Waals surface area contributed by atoms with Crippen LogP contribution in [0.3, 0.4) is 0 Å². The van der Waals surface area contributed by atoms with Crippen LogP contribution in [0.15, 0.2) is 0 Å². The van der Waals surface area contributed by atoms with E-state index in [1.165, 1.54) is 0 Å². The van der Waals surface area contributed by atoms with Crippen molar-refractivity contribution < 1.29 is 5.11 Å². The van der Waals surface area contributed by atoms with Crippen molar-refractivity contribution in [3.8, 4) is 0 Å². The van der Waals surface area contributed by atoms with Crippen LogP contribution < -0.4 is 5.32 Å². The molecule has 0 aliphatic rings. The van der Waals surface area contributed by atoms with Crippen LogP contribution in [0, 0.1) is 0 Å². The van der Waals surface area contributed by atoms with Crippen molar-refractivity contribution in [3.63, 3.8) is 0 Å². The van der Waals surface area contributed by atoms with Gasteiger partial charge in [0.05, 0.1) is 0 Å². The molecule has 48 valence electrons. The van der Waals surface area contributed by atoms with Crippen LogP contribution in [0.4, 0.5) is 0 Å². The third-order valence-electron chi connectivity index (χ3n) is 0. The first-order valence-electron chi connectivity index (χ1n) is 2.02. The SMILES string of the molecule is Br.CCO.CNC. The van der Waals surface area contributed by atoms with Crippen LogP contribution in [0.25, 0.3) is 0 Å². The third-order valence-corrected chi connectivity index (χ3v) is 0. The fourth-order valence-electron chi connectivity index (χ4n) is 0. The maximum Gasteiger partial charge on any atom is 0.0402 e. The molecule has 0 bridgehead atoms. The highest BCUT2D eigenvalue weighted by Crippen LogP contribution is 1.30. The molecule has 2 N–H and O–H groups in total. The lowest BCUT2D eigenvalue weighted by Crippen LogP contribution is -1.89. The summed E-state index contributed by atoms with van der Waals surface area (Å²) >= 11 is 0. The second-order valence-corrected chi connectivity index (χ2v) is 0.816. The minimum absolute atomic E-state index is 0. The van der Waals surface area contributed by atoms with Crippen molar-refractivity contribution in [3.05, 3.63) is 0 Å². The number of rotatable bonds is 0. The van der Waals surface area contributed by atoms with Crippen LogP contribution in [0.5, 0.6) is 0 Å². The van der Waals surface area contributed by atoms with Crippen LogP contribution >= 0.6 is 17.0 Å². The first-order valence-corrected chi connectivity index (χ1v) is 2.02. The van der Waals surface area contributed by atoms with E-state index in [1.807, 2.05) is 14.1 Å². The molecule has 0 fully saturated rings. The molecule has 0 aliphatic carbocycles. The summed E-state index contributed by atoms with van der Waals surface area (Å²) in [7, 11) is 3.75. The van der Waals surface area contributed by atoms with Crippen molar-refractivity contribution in [1.82, 2.24) is 5.32 Å². The molecule has 2 nitrogen and oxygen atoms in total. The van der Waals surface area contributed by atoms with Gasteiger partial charge in [-0.1, -0.05) is 0 Å². The fraction of sp³-hybridized carbons (Fsp3) is 1.00. The molecule has 0 aromatic rings. The lowest BCUT2D eigenvalue weighted by molar-refractivity contribution is 0.318. The maximum atomic E-state index is 7.57. The smallest absolute Gasteiger partial charge is 0.0402 e. The highest BCUT2D eigenvalue weighted by molar-refractivity contribution is 8.93. The summed E-state index contributed by atoms with van der Waals surface area (Å²) in [6, 6.07) is 0. The number of hydrogen-bond acceptors (Lipinski definition) is 2. The molecule has 0 aromatic carbocycles. The molecule has 0 rings (SSSR count). The van der Waals surface area contributed by atoms with Crippen LogP contribution in [0.1, 0.15) is 6.92 Å². The van der Waals surface area contributed by atoms with E-state index in [4.69, 9.17) is 5.11 Å². The normalized spacial score (nSPS) is 5.14. The topological polar surface area (TPSA) is 32.3 Å². The maximum absolute atomic E-state index is 7.57. The molecular weight excluding hydrogens is 158 g/mol. The van der Waals surface area contributed by atoms with Gasteiger partial charge in [0.1, 0.15) is 0 Å². The Labute approximate surface area is 55.7 Å². The lowest BCUT2D eigenvalue weighted by atomic mass is 10.9. The van der Waals surface area contributed by atoms with Crippen molar-refractivity contribution in [1.29, 1.82) is 0 Å². The van der Waals surface area contributed by atoms with E-state index < -0.39 is 0 Å². The summed E-state index contributed by atoms with van der Waals surface area (Å²) in [6.45, 7) is 1.93. The van der Waals surface area contributed by atoms with Gasteiger partial charge in [-0.3, -0.25) is 0 Å². The molecule has 0 amide bonds. The summed E-state index contributed by atoms with van der Waals surface area (Å²) in [5.74, 6) is 0. The zero-order valence-corrected chi connectivity index (χ0v) is 6.78. The minimum atomic E-state index is 0. The van der Waals surface area contributed by atoms with Gasteiger partial charge in [0.15, 0.2) is 0 Å². The summed E-state index contributed by atoms with van der Waals surface area (Å²) in [6.07, 6.45) is 0. The van der Waals surface area contributed by atoms with Crippen molar-refractivity contribution >= 4 is 17.0 Å². The van der Waals surface area contributed by atoms with Crippen LogP contribution in [-0.2, 0) is 0 Å². The molecule has 0 aromatic heterocycles. The third kappa shape index (κ3) is 774. The molecule has 0 spiro atoms. The van der Waals surface area contributed by atoms with E-state index in [1.54, 1.807) is 6.92 Å². The zero-order chi connectivity index (χ0) is 5.41. The minimum Gasteiger partial charge on any atom is -0.397 e. The number of hydrogen-bond donors (Lipinski definition) is 2. The molecule has 0 heterocycles. The largest absolute Gasteiger partial charge is 0.397 e. The van der Waals surface area contributed by atoms with E-state index in [2.05, 4.69) is 5.32 Å². The van der Waals surface area contributed by atoms with Gasteiger partial charge in [0, 0.05) is 6.61 Å². The van der Waals surface area contributed by atoms with Crippen molar-refractivity contribution in [2.75, 3.05) is 20.7 Å². The highest BCUT2D eigenvalue weighted by Gasteiger charge is 1.34. The monoisotopic (exact) mass is 171 g/mol. The standard InChI is InChI=1S/C2H7N.C2H6O.BrH/c1-3-2;1-2-3;/h3H,1-2H3;3H,2H2,1H3;1H. The van der Waals surface area contributed by atoms with Crippen LogP contribution in [0.2, 0.25) is 0 Å². The second-order valence-electron chi connectivity index (χ2n) is 0.816. The zero-order valence-electron chi connectivity index (χ0n) is 5.06. The Morgan fingerprint density at radius 3 is 1.43 bits per heavy atom. The van der Waals surface area contributed by atoms with Gasteiger partial charge in [-0.05, 0) is 21.0 Å². The molecule has 7 heavy (non-hydrogen) atoms. The summed E-state index contributed by atoms with van der Waals surface area (Å²) in [5, 5.41) is 10.3. The Hall–Kier alpha value is 0.400. The molecule has 3 heteroatoms. The molecular formula is C4H14BrNO. The van der Waals surface area contributed by atoms with E-state index >= 15 is 0 Å². The summed E-state index contributed by atoms with van der Waals surface area (Å²) in [4.78, 5) is 0. The summed E-state index contributed by atoms with van der Waals surface area (Å²) < 4.78 is 0. The Balaban J connectivity index is -0.0000000400. The average Bonchev–Trinajstić information content (AvgIpc) is 1.39. The quantitative estimate of drug-likeness (QED) is 0.554. The molecule has 0 saturated carbocycles. The fourth-order valence-corrected chi connectivity index (χ4v) is 0. The highest BCUT2D eigenvalue weighted by atomic mass is 79.9. The number of aliphatic hydroxyl groups excluding tert-OH is 1. The Kier molecular flexibility index (Phi) is 72.5. The molecule has 0 saturated heterocycles. The summed E-state index contributed by atoms with van der Waals surface area (Å²) in [5.41, 5.74) is 0. The Morgan fingerprint density at radius 1 is 1.43 bits per heavy atom. The Morgan fingerprint density at radius 2 is 1.43 bits per heavy atom. The lowest BCUT2D eigenvalue weighted by Gasteiger charge is -1.59. The molecule has 0 atom stereocenters. The van der Waals surface area contributed by atoms with Crippen LogP contribution in [-0.4, -0.2) is 25.8 Å². The number of aliphatic hydroxyl groups is 1. The van der Waals surface area contributed by atoms with Gasteiger partial charge in [-0.25, -0.2) is 0 Å². The van der Waals surface area contributed by atoms with E-state index in [0.29, 0.717) is 0 Å². The Bertz CT molecular complexity index is 13.7. The number of nitrogens with one attached hydrogen (secondary N) is 1. The van der Waals surface area contributed by atoms with E-state index in [0.717, 1.165) is 0 Å². The first kappa shape index (κ1) is 15.7. The van der Waals surface area contributed by atoms with E-state index in [9.17, 15) is 0 Å². The second kappa shape index (κ2) is 32.4. The average molecular weight is 172 g/mol. The van der Waals surface area contributed by atoms with Gasteiger partial charge in [0.2, 0.25) is 0 Å². The van der Waals surface area contributed by atoms with Gasteiger partial charge in [0.25, 0.3) is 0 Å². The molecule has 0 radical (unpaired) electrons. The molecule has 0 unspecified atom stereocenters. The van der Waals surface area contributed by atoms with Gasteiger partial charge < -0.3 is 10.4 Å². The van der Waals surface area contributed by atoms with Crippen molar-refractivity contribution in [2.24, 2.45) is 0 Å². The predicted octanol–water partition coefficient (Wildman–Crippen LogP) is 0.412. The first-order chi connectivity index (χ1) is 2.83. The van der Waals surface area contributed by atoms with E-state index in [-0.39, 0.29) is 23.6 Å². The van der Waals surface area contributed by atoms with Gasteiger partial charge in [-0.15, -0.1) is 17.0 Å². The van der Waals surface area contributed by atoms with Gasteiger partial charge in [-0.2, -0.15) is 0 Å². The number of halogens is 1. The van der Waals surface area contributed by atoms with Gasteiger partial charge >= 0.3 is 0 Å². The predicted molar refractivity (Wildman–Crippen MR) is 38.1 cm³/mol.